The highest BCUT2D eigenvalue weighted by Crippen LogP contribution is 2.09. The van der Waals surface area contributed by atoms with Crippen molar-refractivity contribution in [3.8, 4) is 0 Å². The van der Waals surface area contributed by atoms with Gasteiger partial charge < -0.3 is 4.74 Å². The molecule has 0 bridgehead atoms. The van der Waals surface area contributed by atoms with Gasteiger partial charge in [0.15, 0.2) is 0 Å². The molecule has 0 radical (unpaired) electrons. The molecular weight excluding hydrogens is 171 g/mol. The summed E-state index contributed by atoms with van der Waals surface area (Å²) in [5.41, 5.74) is 0. The van der Waals surface area contributed by atoms with E-state index in [0.717, 1.165) is 0 Å². The monoisotopic (exact) mass is 184 g/mol. The topological polar surface area (TPSA) is 26.3 Å². The van der Waals surface area contributed by atoms with E-state index in [9.17, 15) is 9.18 Å². The van der Waals surface area contributed by atoms with E-state index in [4.69, 9.17) is 4.74 Å². The number of halogens is 1. The Bertz CT molecular complexity index is 252. The zero-order chi connectivity index (χ0) is 10.3. The quantitative estimate of drug-likeness (QED) is 0.484. The molecule has 2 nitrogen and oxygen atoms in total. The number of ether oxygens (including phenoxy) is 1. The first kappa shape index (κ1) is 11.6. The Morgan fingerprint density at radius 2 is 2.23 bits per heavy atom. The molecule has 13 heavy (non-hydrogen) atoms. The predicted octanol–water partition coefficient (Wildman–Crippen LogP) is 2.54. The second-order valence-corrected chi connectivity index (χ2v) is 2.48. The zero-order valence-corrected chi connectivity index (χ0v) is 7.84. The standard InChI is InChI=1S/C10H13FO2/c1-4-5-10(13-3)7-9(11)6-8(2)12/h4-5,7H,1,6H2,2-3H3/b9-7+,10-5+. The van der Waals surface area contributed by atoms with Crippen LogP contribution in [0, 0.1) is 0 Å². The molecule has 0 unspecified atom stereocenters. The summed E-state index contributed by atoms with van der Waals surface area (Å²) in [7, 11) is 1.42. The highest BCUT2D eigenvalue weighted by atomic mass is 19.1. The summed E-state index contributed by atoms with van der Waals surface area (Å²) in [5, 5.41) is 0. The fourth-order valence-corrected chi connectivity index (χ4v) is 0.734. The van der Waals surface area contributed by atoms with Crippen LogP contribution >= 0.6 is 0 Å². The Kier molecular flexibility index (Phi) is 5.52. The molecule has 0 atom stereocenters. The number of Topliss-reactive ketones (excluding diaryl/α,β-unsaturated/α-hetero) is 1. The minimum Gasteiger partial charge on any atom is -0.497 e. The molecule has 0 amide bonds. The number of carbonyl (C=O) groups excluding carboxylic acids is 1. The fraction of sp³-hybridized carbons (Fsp3) is 0.300. The van der Waals surface area contributed by atoms with E-state index in [-0.39, 0.29) is 12.2 Å². The van der Waals surface area contributed by atoms with Gasteiger partial charge in [-0.25, -0.2) is 4.39 Å². The van der Waals surface area contributed by atoms with Crippen LogP contribution in [-0.4, -0.2) is 12.9 Å². The van der Waals surface area contributed by atoms with E-state index in [2.05, 4.69) is 6.58 Å². The average molecular weight is 184 g/mol. The van der Waals surface area contributed by atoms with Crippen molar-refractivity contribution in [2.24, 2.45) is 0 Å². The maximum atomic E-state index is 12.9. The normalized spacial score (nSPS) is 12.5. The number of methoxy groups -OCH3 is 1. The van der Waals surface area contributed by atoms with Crippen LogP contribution in [0.5, 0.6) is 0 Å². The van der Waals surface area contributed by atoms with Crippen LogP contribution in [-0.2, 0) is 9.53 Å². The Hall–Kier alpha value is -1.38. The average Bonchev–Trinajstić information content (AvgIpc) is 2.02. The van der Waals surface area contributed by atoms with Gasteiger partial charge in [0.1, 0.15) is 17.4 Å². The van der Waals surface area contributed by atoms with Gasteiger partial charge in [0.2, 0.25) is 0 Å². The number of hydrogen-bond acceptors (Lipinski definition) is 2. The lowest BCUT2D eigenvalue weighted by atomic mass is 10.2. The first-order chi connectivity index (χ1) is 6.10. The molecule has 0 fully saturated rings. The molecule has 0 heterocycles. The highest BCUT2D eigenvalue weighted by Gasteiger charge is 2.00. The lowest BCUT2D eigenvalue weighted by Crippen LogP contribution is -1.91. The number of rotatable bonds is 5. The molecular formula is C10H13FO2. The summed E-state index contributed by atoms with van der Waals surface area (Å²) >= 11 is 0. The molecule has 0 rings (SSSR count). The molecule has 3 heteroatoms. The fourth-order valence-electron chi connectivity index (χ4n) is 0.734. The summed E-state index contributed by atoms with van der Waals surface area (Å²) in [4.78, 5) is 10.5. The molecule has 0 aromatic rings. The van der Waals surface area contributed by atoms with Crippen molar-refractivity contribution < 1.29 is 13.9 Å². The SMILES string of the molecule is C=C/C=C(\C=C(\F)CC(C)=O)OC. The molecule has 0 spiro atoms. The second kappa shape index (κ2) is 6.17. The summed E-state index contributed by atoms with van der Waals surface area (Å²) in [6.07, 6.45) is 3.97. The third-order valence-electron chi connectivity index (χ3n) is 1.23. The molecule has 72 valence electrons. The van der Waals surface area contributed by atoms with Crippen molar-refractivity contribution in [3.05, 3.63) is 36.4 Å². The Balaban J connectivity index is 4.41. The molecule has 0 aromatic carbocycles. The van der Waals surface area contributed by atoms with Crippen molar-refractivity contribution in [3.63, 3.8) is 0 Å². The largest absolute Gasteiger partial charge is 0.497 e. The zero-order valence-electron chi connectivity index (χ0n) is 7.84. The van der Waals surface area contributed by atoms with Gasteiger partial charge in [-0.15, -0.1) is 0 Å². The van der Waals surface area contributed by atoms with Crippen LogP contribution < -0.4 is 0 Å². The second-order valence-electron chi connectivity index (χ2n) is 2.48. The van der Waals surface area contributed by atoms with E-state index in [1.807, 2.05) is 0 Å². The van der Waals surface area contributed by atoms with Crippen molar-refractivity contribution in [2.75, 3.05) is 7.11 Å². The number of hydrogen-bond donors (Lipinski definition) is 0. The van der Waals surface area contributed by atoms with Gasteiger partial charge in [0.25, 0.3) is 0 Å². The van der Waals surface area contributed by atoms with E-state index in [1.54, 1.807) is 0 Å². The van der Waals surface area contributed by atoms with Crippen LogP contribution in [0.2, 0.25) is 0 Å². The maximum absolute atomic E-state index is 12.9. The number of carbonyl (C=O) groups is 1. The molecule has 0 aliphatic heterocycles. The lowest BCUT2D eigenvalue weighted by molar-refractivity contribution is -0.116. The Morgan fingerprint density at radius 3 is 2.62 bits per heavy atom. The van der Waals surface area contributed by atoms with Crippen molar-refractivity contribution in [1.29, 1.82) is 0 Å². The van der Waals surface area contributed by atoms with Gasteiger partial charge in [0, 0.05) is 6.08 Å². The third-order valence-corrected chi connectivity index (χ3v) is 1.23. The van der Waals surface area contributed by atoms with Gasteiger partial charge in [-0.05, 0) is 13.0 Å². The van der Waals surface area contributed by atoms with Crippen LogP contribution in [0.15, 0.2) is 36.4 Å². The highest BCUT2D eigenvalue weighted by molar-refractivity contribution is 5.77. The van der Waals surface area contributed by atoms with Crippen LogP contribution in [0.3, 0.4) is 0 Å². The van der Waals surface area contributed by atoms with E-state index >= 15 is 0 Å². The van der Waals surface area contributed by atoms with Gasteiger partial charge in [-0.3, -0.25) is 4.79 Å². The van der Waals surface area contributed by atoms with Gasteiger partial charge in [-0.2, -0.15) is 0 Å². The van der Waals surface area contributed by atoms with E-state index in [1.165, 1.54) is 32.3 Å². The van der Waals surface area contributed by atoms with E-state index < -0.39 is 5.83 Å². The van der Waals surface area contributed by atoms with Crippen LogP contribution in [0.4, 0.5) is 4.39 Å². The van der Waals surface area contributed by atoms with Gasteiger partial charge in [-0.1, -0.05) is 12.7 Å². The molecule has 0 saturated heterocycles. The van der Waals surface area contributed by atoms with Crippen molar-refractivity contribution in [2.45, 2.75) is 13.3 Å². The number of allylic oxidation sites excluding steroid dienone is 4. The van der Waals surface area contributed by atoms with Crippen molar-refractivity contribution in [1.82, 2.24) is 0 Å². The molecule has 0 aliphatic carbocycles. The first-order valence-electron chi connectivity index (χ1n) is 3.82. The Morgan fingerprint density at radius 1 is 1.62 bits per heavy atom. The summed E-state index contributed by atoms with van der Waals surface area (Å²) in [6, 6.07) is 0. The molecule has 0 aromatic heterocycles. The van der Waals surface area contributed by atoms with Gasteiger partial charge in [0.05, 0.1) is 13.5 Å². The lowest BCUT2D eigenvalue weighted by Gasteiger charge is -1.99. The minimum atomic E-state index is -0.512. The number of ketones is 1. The van der Waals surface area contributed by atoms with Crippen molar-refractivity contribution >= 4 is 5.78 Å². The van der Waals surface area contributed by atoms with Gasteiger partial charge >= 0.3 is 0 Å². The summed E-state index contributed by atoms with van der Waals surface area (Å²) < 4.78 is 17.7. The van der Waals surface area contributed by atoms with Crippen LogP contribution in [0.25, 0.3) is 0 Å². The summed E-state index contributed by atoms with van der Waals surface area (Å²) in [5.74, 6) is -0.390. The first-order valence-corrected chi connectivity index (χ1v) is 3.82. The minimum absolute atomic E-state index is 0.197. The third kappa shape index (κ3) is 5.84. The summed E-state index contributed by atoms with van der Waals surface area (Å²) in [6.45, 7) is 4.77. The molecule has 0 aliphatic rings. The molecule has 0 N–H and O–H groups in total. The molecule has 0 saturated carbocycles. The van der Waals surface area contributed by atoms with Crippen LogP contribution in [0.1, 0.15) is 13.3 Å². The maximum Gasteiger partial charge on any atom is 0.136 e. The Labute approximate surface area is 77.4 Å². The smallest absolute Gasteiger partial charge is 0.136 e. The van der Waals surface area contributed by atoms with E-state index in [0.29, 0.717) is 5.76 Å². The predicted molar refractivity (Wildman–Crippen MR) is 49.8 cm³/mol.